The van der Waals surface area contributed by atoms with Gasteiger partial charge in [0.05, 0.1) is 5.92 Å². The number of amides is 1. The number of hydrogen-bond donors (Lipinski definition) is 2. The second-order valence-electron chi connectivity index (χ2n) is 6.21. The van der Waals surface area contributed by atoms with E-state index in [0.29, 0.717) is 5.92 Å². The molecule has 4 heteroatoms. The lowest BCUT2D eigenvalue weighted by atomic mass is 9.81. The lowest BCUT2D eigenvalue weighted by Crippen LogP contribution is -2.36. The minimum atomic E-state index is -0.857. The predicted molar refractivity (Wildman–Crippen MR) is 79.4 cm³/mol. The molecular weight excluding hydrogens is 254 g/mol. The van der Waals surface area contributed by atoms with Crippen molar-refractivity contribution in [2.45, 2.75) is 65.2 Å². The number of rotatable bonds is 8. The largest absolute Gasteiger partial charge is 0.481 e. The van der Waals surface area contributed by atoms with Crippen LogP contribution in [0.4, 0.5) is 0 Å². The van der Waals surface area contributed by atoms with E-state index in [1.165, 1.54) is 32.1 Å². The maximum atomic E-state index is 12.2. The Kier molecular flexibility index (Phi) is 7.63. The van der Waals surface area contributed by atoms with Crippen molar-refractivity contribution < 1.29 is 14.7 Å². The second-order valence-corrected chi connectivity index (χ2v) is 6.21. The Morgan fingerprint density at radius 3 is 2.45 bits per heavy atom. The molecule has 2 unspecified atom stereocenters. The molecule has 0 radical (unpaired) electrons. The van der Waals surface area contributed by atoms with Crippen molar-refractivity contribution in [3.8, 4) is 0 Å². The molecule has 1 aliphatic carbocycles. The lowest BCUT2D eigenvalue weighted by Gasteiger charge is -2.26. The van der Waals surface area contributed by atoms with E-state index in [-0.39, 0.29) is 18.4 Å². The van der Waals surface area contributed by atoms with Gasteiger partial charge in [0, 0.05) is 12.5 Å². The van der Waals surface area contributed by atoms with Gasteiger partial charge in [0.1, 0.15) is 0 Å². The van der Waals surface area contributed by atoms with Gasteiger partial charge in [0.2, 0.25) is 5.91 Å². The molecule has 2 atom stereocenters. The minimum absolute atomic E-state index is 0.0468. The monoisotopic (exact) mass is 283 g/mol. The van der Waals surface area contributed by atoms with Crippen LogP contribution in [0, 0.1) is 17.8 Å². The first kappa shape index (κ1) is 17.0. The van der Waals surface area contributed by atoms with E-state index in [1.807, 2.05) is 0 Å². The zero-order valence-corrected chi connectivity index (χ0v) is 12.9. The Hall–Kier alpha value is -1.06. The van der Waals surface area contributed by atoms with Crippen molar-refractivity contribution in [3.05, 3.63) is 0 Å². The van der Waals surface area contributed by atoms with E-state index < -0.39 is 11.9 Å². The van der Waals surface area contributed by atoms with Crippen LogP contribution in [0.2, 0.25) is 0 Å². The number of hydrogen-bond acceptors (Lipinski definition) is 2. The van der Waals surface area contributed by atoms with Crippen molar-refractivity contribution >= 4 is 11.9 Å². The van der Waals surface area contributed by atoms with Crippen LogP contribution >= 0.6 is 0 Å². The second kappa shape index (κ2) is 8.98. The van der Waals surface area contributed by atoms with Crippen LogP contribution in [0.15, 0.2) is 0 Å². The Bertz CT molecular complexity index is 311. The quantitative estimate of drug-likeness (QED) is 0.719. The molecule has 1 amide bonds. The molecule has 0 heterocycles. The number of carboxylic acids is 1. The zero-order chi connectivity index (χ0) is 15.0. The summed E-state index contributed by atoms with van der Waals surface area (Å²) in [6.45, 7) is 3.96. The molecule has 1 fully saturated rings. The van der Waals surface area contributed by atoms with E-state index in [0.717, 1.165) is 19.3 Å². The van der Waals surface area contributed by atoms with Crippen molar-refractivity contribution in [2.75, 3.05) is 6.54 Å². The predicted octanol–water partition coefficient (Wildman–Crippen LogP) is 3.21. The van der Waals surface area contributed by atoms with Gasteiger partial charge < -0.3 is 10.4 Å². The summed E-state index contributed by atoms with van der Waals surface area (Å²) >= 11 is 0. The van der Waals surface area contributed by atoms with Crippen molar-refractivity contribution in [3.63, 3.8) is 0 Å². The highest BCUT2D eigenvalue weighted by Crippen LogP contribution is 2.30. The van der Waals surface area contributed by atoms with Crippen LogP contribution in [-0.2, 0) is 9.59 Å². The fraction of sp³-hybridized carbons (Fsp3) is 0.875. The third kappa shape index (κ3) is 5.93. The molecule has 0 aromatic carbocycles. The fourth-order valence-corrected chi connectivity index (χ4v) is 3.01. The summed E-state index contributed by atoms with van der Waals surface area (Å²) in [5.74, 6) is -0.585. The van der Waals surface area contributed by atoms with Gasteiger partial charge in [-0.05, 0) is 18.8 Å². The summed E-state index contributed by atoms with van der Waals surface area (Å²) in [6, 6.07) is 0. The first-order valence-corrected chi connectivity index (χ1v) is 8.05. The van der Waals surface area contributed by atoms with Gasteiger partial charge in [0.25, 0.3) is 0 Å². The molecule has 116 valence electrons. The maximum Gasteiger partial charge on any atom is 0.308 e. The average molecular weight is 283 g/mol. The van der Waals surface area contributed by atoms with Crippen molar-refractivity contribution in [1.29, 1.82) is 0 Å². The van der Waals surface area contributed by atoms with Crippen LogP contribution in [0.25, 0.3) is 0 Å². The lowest BCUT2D eigenvalue weighted by molar-refractivity contribution is -0.141. The van der Waals surface area contributed by atoms with E-state index in [2.05, 4.69) is 12.2 Å². The first-order valence-electron chi connectivity index (χ1n) is 8.05. The van der Waals surface area contributed by atoms with Crippen molar-refractivity contribution in [2.24, 2.45) is 17.8 Å². The maximum absolute atomic E-state index is 12.2. The SMILES string of the molecule is CCCC(CC1CCCCC1)C(=O)NCC(C)C(=O)O. The molecule has 0 aromatic rings. The van der Waals surface area contributed by atoms with Crippen LogP contribution in [0.3, 0.4) is 0 Å². The smallest absolute Gasteiger partial charge is 0.308 e. The zero-order valence-electron chi connectivity index (χ0n) is 12.9. The summed E-state index contributed by atoms with van der Waals surface area (Å²) in [5.41, 5.74) is 0. The van der Waals surface area contributed by atoms with E-state index in [4.69, 9.17) is 5.11 Å². The number of carbonyl (C=O) groups is 2. The molecule has 2 N–H and O–H groups in total. The van der Waals surface area contributed by atoms with Crippen LogP contribution < -0.4 is 5.32 Å². The van der Waals surface area contributed by atoms with E-state index in [9.17, 15) is 9.59 Å². The van der Waals surface area contributed by atoms with Crippen LogP contribution in [-0.4, -0.2) is 23.5 Å². The minimum Gasteiger partial charge on any atom is -0.481 e. The summed E-state index contributed by atoms with van der Waals surface area (Å²) in [4.78, 5) is 23.0. The molecule has 4 nitrogen and oxygen atoms in total. The fourth-order valence-electron chi connectivity index (χ4n) is 3.01. The molecule has 0 spiro atoms. The molecule has 0 saturated heterocycles. The molecule has 0 bridgehead atoms. The number of carboxylic acid groups (broad SMARTS) is 1. The normalized spacial score (nSPS) is 19.3. The Balaban J connectivity index is 2.42. The Morgan fingerprint density at radius 1 is 1.25 bits per heavy atom. The Morgan fingerprint density at radius 2 is 1.90 bits per heavy atom. The molecule has 0 aliphatic heterocycles. The molecule has 1 rings (SSSR count). The van der Waals surface area contributed by atoms with E-state index >= 15 is 0 Å². The van der Waals surface area contributed by atoms with Gasteiger partial charge in [-0.15, -0.1) is 0 Å². The third-order valence-electron chi connectivity index (χ3n) is 4.35. The van der Waals surface area contributed by atoms with Crippen molar-refractivity contribution in [1.82, 2.24) is 5.32 Å². The highest BCUT2D eigenvalue weighted by atomic mass is 16.4. The van der Waals surface area contributed by atoms with Gasteiger partial charge in [-0.1, -0.05) is 52.4 Å². The van der Waals surface area contributed by atoms with Gasteiger partial charge in [-0.25, -0.2) is 0 Å². The van der Waals surface area contributed by atoms with Crippen LogP contribution in [0.1, 0.15) is 65.2 Å². The highest BCUT2D eigenvalue weighted by molar-refractivity contribution is 5.79. The topological polar surface area (TPSA) is 66.4 Å². The molecule has 20 heavy (non-hydrogen) atoms. The molecule has 1 aliphatic rings. The van der Waals surface area contributed by atoms with Gasteiger partial charge in [-0.2, -0.15) is 0 Å². The number of aliphatic carboxylic acids is 1. The first-order chi connectivity index (χ1) is 9.54. The van der Waals surface area contributed by atoms with E-state index in [1.54, 1.807) is 6.92 Å². The van der Waals surface area contributed by atoms with Crippen LogP contribution in [0.5, 0.6) is 0 Å². The molecular formula is C16H29NO3. The average Bonchev–Trinajstić information content (AvgIpc) is 2.44. The van der Waals surface area contributed by atoms with Gasteiger partial charge in [0.15, 0.2) is 0 Å². The highest BCUT2D eigenvalue weighted by Gasteiger charge is 2.24. The van der Waals surface area contributed by atoms with Gasteiger partial charge in [-0.3, -0.25) is 9.59 Å². The number of nitrogens with one attached hydrogen (secondary N) is 1. The molecule has 1 saturated carbocycles. The number of carbonyl (C=O) groups excluding carboxylic acids is 1. The summed E-state index contributed by atoms with van der Waals surface area (Å²) in [5, 5.41) is 11.7. The van der Waals surface area contributed by atoms with Gasteiger partial charge >= 0.3 is 5.97 Å². The Labute approximate surface area is 122 Å². The summed E-state index contributed by atoms with van der Waals surface area (Å²) in [6.07, 6.45) is 9.29. The summed E-state index contributed by atoms with van der Waals surface area (Å²) < 4.78 is 0. The summed E-state index contributed by atoms with van der Waals surface area (Å²) in [7, 11) is 0. The standard InChI is InChI=1S/C16H29NO3/c1-3-7-14(10-13-8-5-4-6-9-13)15(18)17-11-12(2)16(19)20/h12-14H,3-11H2,1-2H3,(H,17,18)(H,19,20). The molecule has 0 aromatic heterocycles. The third-order valence-corrected chi connectivity index (χ3v) is 4.35.